The number of nitrogens with one attached hydrogen (secondary N) is 1. The van der Waals surface area contributed by atoms with Crippen molar-refractivity contribution >= 4 is 33.2 Å². The van der Waals surface area contributed by atoms with Crippen LogP contribution >= 0.6 is 11.6 Å². The Morgan fingerprint density at radius 2 is 1.85 bits per heavy atom. The van der Waals surface area contributed by atoms with Crippen LogP contribution < -0.4 is 4.72 Å². The molecule has 1 N–H and O–H groups in total. The van der Waals surface area contributed by atoms with Crippen molar-refractivity contribution in [3.63, 3.8) is 0 Å². The fourth-order valence-electron chi connectivity index (χ4n) is 2.83. The third-order valence-corrected chi connectivity index (χ3v) is 5.50. The number of carbonyl (C=O) groups excluding carboxylic acids is 1. The molecule has 2 aromatic carbocycles. The first-order valence-electron chi connectivity index (χ1n) is 7.83. The SMILES string of the molecule is O=C1c2ccccc2CCN1Cc1cc(Cl)ccc1NS(=O)(=O)C(F)(F)F. The van der Waals surface area contributed by atoms with Crippen molar-refractivity contribution in [2.24, 2.45) is 0 Å². The highest BCUT2D eigenvalue weighted by Crippen LogP contribution is 2.30. The van der Waals surface area contributed by atoms with Gasteiger partial charge in [0.2, 0.25) is 0 Å². The molecule has 144 valence electrons. The number of halogens is 4. The first kappa shape index (κ1) is 19.5. The molecule has 5 nitrogen and oxygen atoms in total. The minimum absolute atomic E-state index is 0.0799. The van der Waals surface area contributed by atoms with E-state index in [4.69, 9.17) is 11.6 Å². The predicted molar refractivity (Wildman–Crippen MR) is 94.9 cm³/mol. The molecule has 0 saturated carbocycles. The summed E-state index contributed by atoms with van der Waals surface area (Å²) < 4.78 is 62.4. The van der Waals surface area contributed by atoms with Crippen molar-refractivity contribution in [1.82, 2.24) is 4.90 Å². The standard InChI is InChI=1S/C17H14ClF3N2O3S/c18-13-5-6-15(22-27(25,26)17(19,20)21)12(9-13)10-23-8-7-11-3-1-2-4-14(11)16(23)24/h1-6,9,22H,7-8,10H2. The molecule has 0 atom stereocenters. The van der Waals surface area contributed by atoms with Gasteiger partial charge in [0, 0.05) is 23.7 Å². The summed E-state index contributed by atoms with van der Waals surface area (Å²) in [7, 11) is -5.59. The van der Waals surface area contributed by atoms with E-state index in [9.17, 15) is 26.4 Å². The van der Waals surface area contributed by atoms with E-state index in [1.807, 2.05) is 12.1 Å². The Bertz CT molecular complexity index is 993. The summed E-state index contributed by atoms with van der Waals surface area (Å²) in [5.74, 6) is -0.276. The summed E-state index contributed by atoms with van der Waals surface area (Å²) in [5, 5.41) is 0.213. The predicted octanol–water partition coefficient (Wildman–Crippen LogP) is 3.80. The molecule has 0 unspecified atom stereocenters. The molecule has 0 aromatic heterocycles. The summed E-state index contributed by atoms with van der Waals surface area (Å²) in [4.78, 5) is 14.1. The zero-order chi connectivity index (χ0) is 19.8. The van der Waals surface area contributed by atoms with Crippen LogP contribution in [0.15, 0.2) is 42.5 Å². The number of anilines is 1. The lowest BCUT2D eigenvalue weighted by Crippen LogP contribution is -2.37. The molecule has 1 aliphatic rings. The third-order valence-electron chi connectivity index (χ3n) is 4.16. The number of alkyl halides is 3. The molecule has 10 heteroatoms. The molecule has 0 fully saturated rings. The molecule has 0 aliphatic carbocycles. The normalized spacial score (nSPS) is 14.8. The number of nitrogens with zero attached hydrogens (tertiary/aromatic N) is 1. The van der Waals surface area contributed by atoms with E-state index in [-0.39, 0.29) is 28.7 Å². The fraction of sp³-hybridized carbons (Fsp3) is 0.235. The molecule has 1 heterocycles. The van der Waals surface area contributed by atoms with Gasteiger partial charge in [-0.15, -0.1) is 0 Å². The van der Waals surface area contributed by atoms with Gasteiger partial charge in [0.25, 0.3) is 5.91 Å². The van der Waals surface area contributed by atoms with Crippen LogP contribution in [-0.4, -0.2) is 31.3 Å². The molecule has 2 aromatic rings. The van der Waals surface area contributed by atoms with E-state index < -0.39 is 15.5 Å². The molecule has 0 spiro atoms. The zero-order valence-electron chi connectivity index (χ0n) is 13.8. The summed E-state index contributed by atoms with van der Waals surface area (Å²) in [6, 6.07) is 10.8. The Hall–Kier alpha value is -2.26. The second-order valence-corrected chi connectivity index (χ2v) is 8.10. The van der Waals surface area contributed by atoms with Gasteiger partial charge in [-0.05, 0) is 41.8 Å². The zero-order valence-corrected chi connectivity index (χ0v) is 15.3. The third kappa shape index (κ3) is 4.03. The average Bonchev–Trinajstić information content (AvgIpc) is 2.59. The Balaban J connectivity index is 1.90. The molecular weight excluding hydrogens is 405 g/mol. The highest BCUT2D eigenvalue weighted by atomic mass is 35.5. The Kier molecular flexibility index (Phi) is 5.09. The maximum Gasteiger partial charge on any atom is 0.516 e. The highest BCUT2D eigenvalue weighted by molar-refractivity contribution is 7.93. The van der Waals surface area contributed by atoms with Gasteiger partial charge < -0.3 is 4.90 Å². The minimum Gasteiger partial charge on any atom is -0.334 e. The van der Waals surface area contributed by atoms with Gasteiger partial charge in [0.05, 0.1) is 5.69 Å². The Morgan fingerprint density at radius 3 is 2.56 bits per heavy atom. The summed E-state index contributed by atoms with van der Waals surface area (Å²) in [6.45, 7) is 0.275. The fourth-order valence-corrected chi connectivity index (χ4v) is 3.63. The number of sulfonamides is 1. The quantitative estimate of drug-likeness (QED) is 0.821. The van der Waals surface area contributed by atoms with Gasteiger partial charge in [-0.1, -0.05) is 29.8 Å². The smallest absolute Gasteiger partial charge is 0.334 e. The van der Waals surface area contributed by atoms with Crippen molar-refractivity contribution in [1.29, 1.82) is 0 Å². The number of fused-ring (bicyclic) bond motifs is 1. The van der Waals surface area contributed by atoms with Crippen molar-refractivity contribution in [2.75, 3.05) is 11.3 Å². The van der Waals surface area contributed by atoms with Crippen LogP contribution in [0.25, 0.3) is 0 Å². The van der Waals surface area contributed by atoms with Crippen molar-refractivity contribution in [3.8, 4) is 0 Å². The molecule has 27 heavy (non-hydrogen) atoms. The summed E-state index contributed by atoms with van der Waals surface area (Å²) in [5.41, 5.74) is -4.15. The van der Waals surface area contributed by atoms with Crippen LogP contribution in [0.5, 0.6) is 0 Å². The van der Waals surface area contributed by atoms with Crippen molar-refractivity contribution in [3.05, 3.63) is 64.2 Å². The number of carbonyl (C=O) groups is 1. The number of benzene rings is 2. The number of hydrogen-bond donors (Lipinski definition) is 1. The lowest BCUT2D eigenvalue weighted by Gasteiger charge is -2.29. The molecule has 0 radical (unpaired) electrons. The monoisotopic (exact) mass is 418 g/mol. The molecule has 0 bridgehead atoms. The first-order valence-corrected chi connectivity index (χ1v) is 9.69. The van der Waals surface area contributed by atoms with Gasteiger partial charge in [-0.25, -0.2) is 0 Å². The number of hydrogen-bond acceptors (Lipinski definition) is 3. The van der Waals surface area contributed by atoms with Gasteiger partial charge in [0.1, 0.15) is 0 Å². The Labute approximate surface area is 158 Å². The average molecular weight is 419 g/mol. The van der Waals surface area contributed by atoms with Gasteiger partial charge in [0.15, 0.2) is 0 Å². The molecule has 0 saturated heterocycles. The van der Waals surface area contributed by atoms with Crippen LogP contribution in [0, 0.1) is 0 Å². The van der Waals surface area contributed by atoms with Crippen molar-refractivity contribution in [2.45, 2.75) is 18.5 Å². The largest absolute Gasteiger partial charge is 0.516 e. The van der Waals surface area contributed by atoms with E-state index in [0.29, 0.717) is 18.5 Å². The van der Waals surface area contributed by atoms with Gasteiger partial charge in [-0.3, -0.25) is 9.52 Å². The van der Waals surface area contributed by atoms with Crippen LogP contribution in [0.4, 0.5) is 18.9 Å². The van der Waals surface area contributed by atoms with Crippen LogP contribution in [0.3, 0.4) is 0 Å². The molecule has 1 aliphatic heterocycles. The van der Waals surface area contributed by atoms with E-state index in [0.717, 1.165) is 11.6 Å². The Morgan fingerprint density at radius 1 is 1.15 bits per heavy atom. The van der Waals surface area contributed by atoms with Gasteiger partial charge >= 0.3 is 15.5 Å². The summed E-state index contributed by atoms with van der Waals surface area (Å²) >= 11 is 5.91. The first-order chi connectivity index (χ1) is 12.6. The van der Waals surface area contributed by atoms with E-state index in [1.165, 1.54) is 21.8 Å². The van der Waals surface area contributed by atoms with Crippen LogP contribution in [0.1, 0.15) is 21.5 Å². The molecule has 3 rings (SSSR count). The highest BCUT2D eigenvalue weighted by Gasteiger charge is 2.46. The topological polar surface area (TPSA) is 66.5 Å². The maximum atomic E-state index is 12.7. The van der Waals surface area contributed by atoms with E-state index in [2.05, 4.69) is 0 Å². The second-order valence-electron chi connectivity index (χ2n) is 5.99. The van der Waals surface area contributed by atoms with E-state index >= 15 is 0 Å². The second kappa shape index (κ2) is 7.05. The molecular formula is C17H14ClF3N2O3S. The minimum atomic E-state index is -5.59. The lowest BCUT2D eigenvalue weighted by atomic mass is 9.98. The van der Waals surface area contributed by atoms with Gasteiger partial charge in [-0.2, -0.15) is 21.6 Å². The maximum absolute atomic E-state index is 12.7. The van der Waals surface area contributed by atoms with Crippen molar-refractivity contribution < 1.29 is 26.4 Å². The number of amides is 1. The lowest BCUT2D eigenvalue weighted by molar-refractivity contribution is -0.0429. The van der Waals surface area contributed by atoms with E-state index in [1.54, 1.807) is 12.1 Å². The molecule has 1 amide bonds. The number of rotatable bonds is 4. The van der Waals surface area contributed by atoms with Crippen LogP contribution in [0.2, 0.25) is 5.02 Å². The van der Waals surface area contributed by atoms with Crippen LogP contribution in [-0.2, 0) is 23.0 Å². The summed E-state index contributed by atoms with van der Waals surface area (Å²) in [6.07, 6.45) is 0.589.